The molecule has 2 aromatic rings. The Morgan fingerprint density at radius 2 is 1.97 bits per heavy atom. The van der Waals surface area contributed by atoms with Gasteiger partial charge in [-0.25, -0.2) is 4.39 Å². The number of aromatic hydroxyl groups is 1. The molecule has 1 fully saturated rings. The molecule has 1 unspecified atom stereocenters. The summed E-state index contributed by atoms with van der Waals surface area (Å²) in [5.41, 5.74) is 0.968. The number of phenols is 1. The van der Waals surface area contributed by atoms with Crippen molar-refractivity contribution in [3.8, 4) is 11.5 Å². The molecule has 0 radical (unpaired) electrons. The molecular weight excluding hydrogens is 396 g/mol. The Balaban J connectivity index is 1.52. The number of piperidine rings is 1. The van der Waals surface area contributed by atoms with E-state index in [2.05, 4.69) is 0 Å². The summed E-state index contributed by atoms with van der Waals surface area (Å²) in [6, 6.07) is 11.0. The van der Waals surface area contributed by atoms with Crippen LogP contribution in [0.15, 0.2) is 42.5 Å². The molecule has 2 atom stereocenters. The molecule has 0 aliphatic carbocycles. The Labute approximate surface area is 170 Å². The number of benzene rings is 2. The fourth-order valence-electron chi connectivity index (χ4n) is 3.54. The third-order valence-electron chi connectivity index (χ3n) is 5.13. The van der Waals surface area contributed by atoms with E-state index in [1.165, 1.54) is 24.9 Å². The lowest BCUT2D eigenvalue weighted by Crippen LogP contribution is -2.36. The number of nitrogens with zero attached hydrogens (tertiary/aromatic N) is 1. The molecule has 8 heteroatoms. The van der Waals surface area contributed by atoms with Crippen LogP contribution < -0.4 is 9.64 Å². The van der Waals surface area contributed by atoms with E-state index in [1.54, 1.807) is 24.3 Å². The summed E-state index contributed by atoms with van der Waals surface area (Å²) in [5, 5.41) is 19.7. The third-order valence-corrected chi connectivity index (χ3v) is 6.15. The molecule has 158 valence electrons. The van der Waals surface area contributed by atoms with Crippen molar-refractivity contribution in [2.24, 2.45) is 5.92 Å². The fourth-order valence-corrected chi connectivity index (χ4v) is 4.39. The molecule has 0 spiro atoms. The summed E-state index contributed by atoms with van der Waals surface area (Å²) in [6.45, 7) is 3.08. The molecule has 1 heterocycles. The number of aliphatic hydroxyl groups is 1. The van der Waals surface area contributed by atoms with Crippen LogP contribution in [-0.2, 0) is 4.57 Å². The first kappa shape index (κ1) is 21.6. The van der Waals surface area contributed by atoms with Gasteiger partial charge >= 0.3 is 0 Å². The molecule has 0 bridgehead atoms. The average Bonchev–Trinajstić information content (AvgIpc) is 2.68. The van der Waals surface area contributed by atoms with E-state index in [9.17, 15) is 24.1 Å². The predicted molar refractivity (Wildman–Crippen MR) is 111 cm³/mol. The highest BCUT2D eigenvalue weighted by Crippen LogP contribution is 2.40. The first-order valence-electron chi connectivity index (χ1n) is 9.65. The van der Waals surface area contributed by atoms with Gasteiger partial charge in [-0.05, 0) is 48.6 Å². The van der Waals surface area contributed by atoms with E-state index in [-0.39, 0.29) is 17.7 Å². The lowest BCUT2D eigenvalue weighted by atomic mass is 9.97. The van der Waals surface area contributed by atoms with E-state index in [0.29, 0.717) is 42.6 Å². The number of hydrogen-bond acceptors (Lipinski definition) is 5. The van der Waals surface area contributed by atoms with Gasteiger partial charge in [0.2, 0.25) is 7.37 Å². The first-order valence-corrected chi connectivity index (χ1v) is 11.9. The third kappa shape index (κ3) is 6.20. The van der Waals surface area contributed by atoms with Crippen molar-refractivity contribution >= 4 is 13.1 Å². The second-order valence-electron chi connectivity index (χ2n) is 7.70. The van der Waals surface area contributed by atoms with Crippen LogP contribution in [0.5, 0.6) is 11.5 Å². The van der Waals surface area contributed by atoms with E-state index < -0.39 is 13.5 Å². The lowest BCUT2D eigenvalue weighted by Gasteiger charge is -2.33. The highest BCUT2D eigenvalue weighted by Gasteiger charge is 2.23. The van der Waals surface area contributed by atoms with E-state index in [0.717, 1.165) is 12.8 Å². The minimum absolute atomic E-state index is 0.0505. The molecule has 1 saturated heterocycles. The van der Waals surface area contributed by atoms with Gasteiger partial charge in [0.15, 0.2) is 0 Å². The second-order valence-corrected chi connectivity index (χ2v) is 10.2. The molecule has 1 aliphatic heterocycles. The highest BCUT2D eigenvalue weighted by atomic mass is 31.2. The maximum Gasteiger partial charge on any atom is 0.200 e. The summed E-state index contributed by atoms with van der Waals surface area (Å²) in [7, 11) is -3.32. The molecular formula is C21H27FNO5P. The topological polar surface area (TPSA) is 90.2 Å². The molecule has 0 aromatic heterocycles. The van der Waals surface area contributed by atoms with Crippen molar-refractivity contribution in [3.05, 3.63) is 53.8 Å². The summed E-state index contributed by atoms with van der Waals surface area (Å²) >= 11 is 0. The Hall–Kier alpha value is -2.08. The van der Waals surface area contributed by atoms with Gasteiger partial charge in [-0.2, -0.15) is 0 Å². The van der Waals surface area contributed by atoms with Gasteiger partial charge in [0.1, 0.15) is 17.3 Å². The molecule has 0 amide bonds. The van der Waals surface area contributed by atoms with Crippen LogP contribution >= 0.6 is 7.37 Å². The maximum atomic E-state index is 14.0. The highest BCUT2D eigenvalue weighted by molar-refractivity contribution is 7.57. The number of ether oxygens (including phenoxy) is 1. The van der Waals surface area contributed by atoms with Crippen molar-refractivity contribution in [1.82, 2.24) is 0 Å². The smallest absolute Gasteiger partial charge is 0.200 e. The number of hydrogen-bond donors (Lipinski definition) is 3. The van der Waals surface area contributed by atoms with Gasteiger partial charge in [-0.1, -0.05) is 12.1 Å². The van der Waals surface area contributed by atoms with Gasteiger partial charge in [-0.3, -0.25) is 4.57 Å². The van der Waals surface area contributed by atoms with E-state index >= 15 is 0 Å². The van der Waals surface area contributed by atoms with Gasteiger partial charge < -0.3 is 24.7 Å². The Morgan fingerprint density at radius 3 is 2.66 bits per heavy atom. The minimum atomic E-state index is -3.32. The van der Waals surface area contributed by atoms with Crippen LogP contribution in [0, 0.1) is 11.7 Å². The molecule has 3 N–H and O–H groups in total. The zero-order chi connectivity index (χ0) is 21.0. The average molecular weight is 423 g/mol. The molecule has 6 nitrogen and oxygen atoms in total. The van der Waals surface area contributed by atoms with Crippen molar-refractivity contribution < 1.29 is 28.8 Å². The number of halogens is 1. The van der Waals surface area contributed by atoms with Crippen LogP contribution in [0.3, 0.4) is 0 Å². The first-order chi connectivity index (χ1) is 13.7. The van der Waals surface area contributed by atoms with Crippen LogP contribution in [0.2, 0.25) is 0 Å². The Bertz CT molecular complexity index is 879. The zero-order valence-electron chi connectivity index (χ0n) is 16.4. The van der Waals surface area contributed by atoms with Gasteiger partial charge in [-0.15, -0.1) is 0 Å². The number of anilines is 1. The van der Waals surface area contributed by atoms with Crippen molar-refractivity contribution in [3.63, 3.8) is 0 Å². The SMILES string of the molecule is CP(=O)(O)C[C@@H](O)c1cccc(OCC2CCN(c3cc(O)ccc3F)CC2)c1. The van der Waals surface area contributed by atoms with E-state index in [1.807, 2.05) is 4.90 Å². The predicted octanol–water partition coefficient (Wildman–Crippen LogP) is 3.76. The van der Waals surface area contributed by atoms with Crippen molar-refractivity contribution in [2.45, 2.75) is 18.9 Å². The van der Waals surface area contributed by atoms with E-state index in [4.69, 9.17) is 4.74 Å². The monoisotopic (exact) mass is 423 g/mol. The fraction of sp³-hybridized carbons (Fsp3) is 0.429. The van der Waals surface area contributed by atoms with Crippen molar-refractivity contribution in [2.75, 3.05) is 37.4 Å². The molecule has 2 aromatic carbocycles. The van der Waals surface area contributed by atoms with Gasteiger partial charge in [0, 0.05) is 25.8 Å². The quantitative estimate of drug-likeness (QED) is 0.588. The van der Waals surface area contributed by atoms with Crippen LogP contribution in [0.4, 0.5) is 10.1 Å². The zero-order valence-corrected chi connectivity index (χ0v) is 17.3. The maximum absolute atomic E-state index is 14.0. The van der Waals surface area contributed by atoms with Crippen molar-refractivity contribution in [1.29, 1.82) is 0 Å². The van der Waals surface area contributed by atoms with Gasteiger partial charge in [0.25, 0.3) is 0 Å². The lowest BCUT2D eigenvalue weighted by molar-refractivity contribution is 0.196. The summed E-state index contributed by atoms with van der Waals surface area (Å²) < 4.78 is 31.4. The number of phenolic OH excluding ortho intramolecular Hbond substituents is 1. The number of aliphatic hydroxyl groups excluding tert-OH is 1. The van der Waals surface area contributed by atoms with Crippen LogP contribution in [-0.4, -0.2) is 47.6 Å². The Morgan fingerprint density at radius 1 is 1.24 bits per heavy atom. The Kier molecular flexibility index (Phi) is 6.83. The molecule has 3 rings (SSSR count). The van der Waals surface area contributed by atoms with Crippen LogP contribution in [0.25, 0.3) is 0 Å². The van der Waals surface area contributed by atoms with Gasteiger partial charge in [0.05, 0.1) is 24.6 Å². The standard InChI is InChI=1S/C21H27FNO5P/c1-29(26,27)14-21(25)16-3-2-4-18(11-16)28-13-15-7-9-23(10-8-15)20-12-17(24)5-6-19(20)22/h2-6,11-12,15,21,24-25H,7-10,13-14H2,1H3,(H,26,27)/t21-/m1/s1. The number of rotatable bonds is 7. The van der Waals surface area contributed by atoms with Crippen LogP contribution in [0.1, 0.15) is 24.5 Å². The summed E-state index contributed by atoms with van der Waals surface area (Å²) in [6.07, 6.45) is 0.461. The summed E-state index contributed by atoms with van der Waals surface area (Å²) in [4.78, 5) is 11.4. The summed E-state index contributed by atoms with van der Waals surface area (Å²) in [5.74, 6) is 0.627. The second kappa shape index (κ2) is 9.16. The normalized spacial score (nSPS) is 18.3. The minimum Gasteiger partial charge on any atom is -0.508 e. The molecule has 0 saturated carbocycles. The molecule has 1 aliphatic rings. The largest absolute Gasteiger partial charge is 0.508 e. The molecule has 29 heavy (non-hydrogen) atoms.